The number of nitrogens with two attached hydrogens (primary N) is 1. The third-order valence-corrected chi connectivity index (χ3v) is 6.02. The first-order valence-corrected chi connectivity index (χ1v) is 12.1. The lowest BCUT2D eigenvalue weighted by Crippen LogP contribution is -2.34. The number of para-hydroxylation sites is 1. The number of rotatable bonds is 5. The van der Waals surface area contributed by atoms with Crippen LogP contribution in [0.2, 0.25) is 0 Å². The third-order valence-electron chi connectivity index (χ3n) is 6.02. The van der Waals surface area contributed by atoms with Crippen LogP contribution in [-0.2, 0) is 4.79 Å². The van der Waals surface area contributed by atoms with Crippen molar-refractivity contribution in [1.82, 2.24) is 34.6 Å². The summed E-state index contributed by atoms with van der Waals surface area (Å²) in [6.07, 6.45) is 4.69. The molecule has 0 radical (unpaired) electrons. The Balaban J connectivity index is 1.62. The molecule has 0 spiro atoms. The summed E-state index contributed by atoms with van der Waals surface area (Å²) in [6.45, 7) is 3.29. The number of imidazole rings is 1. The molecule has 0 aliphatic rings. The number of hydrogen-bond donors (Lipinski definition) is 3. The van der Waals surface area contributed by atoms with Crippen LogP contribution in [0.15, 0.2) is 72.0 Å². The number of anilines is 1. The first-order valence-electron chi connectivity index (χ1n) is 12.1. The third kappa shape index (κ3) is 4.91. The van der Waals surface area contributed by atoms with Crippen LogP contribution in [0.5, 0.6) is 0 Å². The molecule has 5 aromatic rings. The van der Waals surface area contributed by atoms with Gasteiger partial charge in [-0.15, -0.1) is 0 Å². The zero-order chi connectivity index (χ0) is 27.5. The number of amides is 2. The van der Waals surface area contributed by atoms with E-state index >= 15 is 0 Å². The Morgan fingerprint density at radius 2 is 1.90 bits per heavy atom. The van der Waals surface area contributed by atoms with Crippen LogP contribution in [0.3, 0.4) is 0 Å². The van der Waals surface area contributed by atoms with Gasteiger partial charge in [-0.2, -0.15) is 0 Å². The fourth-order valence-corrected chi connectivity index (χ4v) is 4.23. The molecule has 0 aliphatic carbocycles. The van der Waals surface area contributed by atoms with E-state index in [1.54, 1.807) is 54.0 Å². The average molecular weight is 521 g/mol. The minimum absolute atomic E-state index is 0.0350. The number of benzene rings is 2. The van der Waals surface area contributed by atoms with Crippen molar-refractivity contribution in [2.24, 2.45) is 0 Å². The molecule has 5 rings (SSSR count). The Morgan fingerprint density at radius 1 is 1.10 bits per heavy atom. The zero-order valence-electron chi connectivity index (χ0n) is 21.2. The van der Waals surface area contributed by atoms with E-state index < -0.39 is 11.9 Å². The number of hydrogen-bond acceptors (Lipinski definition) is 7. The smallest absolute Gasteiger partial charge is 0.267 e. The van der Waals surface area contributed by atoms with Gasteiger partial charge in [-0.25, -0.2) is 15.0 Å². The van der Waals surface area contributed by atoms with Crippen molar-refractivity contribution >= 4 is 34.2 Å². The van der Waals surface area contributed by atoms with Gasteiger partial charge in [0.2, 0.25) is 5.91 Å². The van der Waals surface area contributed by atoms with Crippen LogP contribution in [0.1, 0.15) is 41.6 Å². The van der Waals surface area contributed by atoms with Gasteiger partial charge in [-0.05, 0) is 31.2 Å². The summed E-state index contributed by atoms with van der Waals surface area (Å²) in [7, 11) is 0. The van der Waals surface area contributed by atoms with Gasteiger partial charge in [0, 0.05) is 24.9 Å². The normalized spacial score (nSPS) is 11.5. The molecule has 39 heavy (non-hydrogen) atoms. The lowest BCUT2D eigenvalue weighted by atomic mass is 10.1. The van der Waals surface area contributed by atoms with Crippen LogP contribution >= 0.6 is 0 Å². The van der Waals surface area contributed by atoms with Crippen molar-refractivity contribution in [3.8, 4) is 17.5 Å². The maximum absolute atomic E-state index is 14.0. The molecule has 0 saturated heterocycles. The average Bonchev–Trinajstić information content (AvgIpc) is 3.39. The van der Waals surface area contributed by atoms with Gasteiger partial charge < -0.3 is 16.4 Å². The Morgan fingerprint density at radius 3 is 2.67 bits per heavy atom. The van der Waals surface area contributed by atoms with Gasteiger partial charge >= 0.3 is 0 Å². The highest BCUT2D eigenvalue weighted by Gasteiger charge is 2.24. The second kappa shape index (κ2) is 10.5. The van der Waals surface area contributed by atoms with E-state index in [0.29, 0.717) is 33.6 Å². The summed E-state index contributed by atoms with van der Waals surface area (Å²) < 4.78 is 3.06. The number of nitrogens with zero attached hydrogens (tertiary/aromatic N) is 5. The maximum Gasteiger partial charge on any atom is 0.267 e. The first-order chi connectivity index (χ1) is 18.8. The predicted octanol–water partition coefficient (Wildman–Crippen LogP) is 1.99. The molecule has 0 fully saturated rings. The van der Waals surface area contributed by atoms with E-state index in [4.69, 9.17) is 10.7 Å². The lowest BCUT2D eigenvalue weighted by Gasteiger charge is -2.20. The van der Waals surface area contributed by atoms with Gasteiger partial charge in [-0.1, -0.05) is 36.1 Å². The summed E-state index contributed by atoms with van der Waals surface area (Å²) in [4.78, 5) is 51.6. The quantitative estimate of drug-likeness (QED) is 0.300. The number of carbonyl (C=O) groups is 2. The molecule has 3 aromatic heterocycles. The maximum atomic E-state index is 14.0. The highest BCUT2D eigenvalue weighted by Crippen LogP contribution is 2.21. The van der Waals surface area contributed by atoms with Gasteiger partial charge in [-0.3, -0.25) is 23.4 Å². The second-order valence-corrected chi connectivity index (χ2v) is 8.72. The molecule has 2 aromatic carbocycles. The van der Waals surface area contributed by atoms with Crippen LogP contribution in [0.4, 0.5) is 5.82 Å². The molecule has 0 aliphatic heterocycles. The van der Waals surface area contributed by atoms with E-state index in [2.05, 4.69) is 32.4 Å². The van der Waals surface area contributed by atoms with Crippen molar-refractivity contribution in [2.45, 2.75) is 19.9 Å². The van der Waals surface area contributed by atoms with Crippen molar-refractivity contribution < 1.29 is 9.59 Å². The van der Waals surface area contributed by atoms with E-state index in [9.17, 15) is 14.4 Å². The molecule has 0 saturated carbocycles. The summed E-state index contributed by atoms with van der Waals surface area (Å²) in [5.74, 6) is 5.49. The van der Waals surface area contributed by atoms with Gasteiger partial charge in [0.25, 0.3) is 11.5 Å². The minimum atomic E-state index is -0.709. The van der Waals surface area contributed by atoms with E-state index in [1.807, 2.05) is 18.2 Å². The largest absolute Gasteiger partial charge is 0.383 e. The number of nitrogens with one attached hydrogen (secondary N) is 2. The van der Waals surface area contributed by atoms with E-state index in [1.165, 1.54) is 17.8 Å². The standard InChI is InChI=1S/C28H24N8O3/c1-17(33-27(38)23-24(29)32-16-35-15-14-31-26(23)35)25-34-21-12-6-8-19(9-7-13-30-18(2)37)22(21)28(39)36(25)20-10-4-3-5-11-20/h3-6,8,10-12,14-17H,13,29H2,1-2H3,(H,30,37)(H,33,38)/t17-/m0/s1. The predicted molar refractivity (Wildman–Crippen MR) is 146 cm³/mol. The Bertz CT molecular complexity index is 1850. The molecular formula is C28H24N8O3. The van der Waals surface area contributed by atoms with Crippen LogP contribution in [-0.4, -0.2) is 42.3 Å². The molecule has 4 N–H and O–H groups in total. The Labute approximate surface area is 222 Å². The highest BCUT2D eigenvalue weighted by molar-refractivity contribution is 6.04. The number of fused-ring (bicyclic) bond motifs is 2. The van der Waals surface area contributed by atoms with Crippen LogP contribution in [0.25, 0.3) is 22.2 Å². The van der Waals surface area contributed by atoms with Crippen molar-refractivity contribution in [3.05, 3.63) is 94.6 Å². The van der Waals surface area contributed by atoms with E-state index in [0.717, 1.165) is 0 Å². The van der Waals surface area contributed by atoms with Crippen LogP contribution in [0, 0.1) is 11.8 Å². The van der Waals surface area contributed by atoms with Gasteiger partial charge in [0.05, 0.1) is 29.2 Å². The molecule has 11 nitrogen and oxygen atoms in total. The van der Waals surface area contributed by atoms with Gasteiger partial charge in [0.1, 0.15) is 23.5 Å². The van der Waals surface area contributed by atoms with Crippen molar-refractivity contribution in [3.63, 3.8) is 0 Å². The summed E-state index contributed by atoms with van der Waals surface area (Å²) in [6, 6.07) is 13.5. The number of nitrogen functional groups attached to an aromatic ring is 1. The Kier molecular flexibility index (Phi) is 6.75. The Hall–Kier alpha value is -5.50. The van der Waals surface area contributed by atoms with Crippen molar-refractivity contribution in [2.75, 3.05) is 12.3 Å². The molecular weight excluding hydrogens is 496 g/mol. The SMILES string of the molecule is CC(=O)NCC#Cc1cccc2nc([C@H](C)NC(=O)c3c(N)ncn4ccnc34)n(-c3ccccc3)c(=O)c12. The molecule has 1 atom stereocenters. The highest BCUT2D eigenvalue weighted by atomic mass is 16.2. The summed E-state index contributed by atoms with van der Waals surface area (Å²) in [5.41, 5.74) is 7.65. The lowest BCUT2D eigenvalue weighted by molar-refractivity contribution is -0.118. The topological polar surface area (TPSA) is 149 Å². The van der Waals surface area contributed by atoms with Crippen LogP contribution < -0.4 is 21.9 Å². The molecule has 194 valence electrons. The summed E-state index contributed by atoms with van der Waals surface area (Å²) in [5, 5.41) is 5.84. The molecule has 3 heterocycles. The monoisotopic (exact) mass is 520 g/mol. The molecule has 0 bridgehead atoms. The molecule has 0 unspecified atom stereocenters. The second-order valence-electron chi connectivity index (χ2n) is 8.72. The summed E-state index contributed by atoms with van der Waals surface area (Å²) >= 11 is 0. The zero-order valence-corrected chi connectivity index (χ0v) is 21.2. The molecule has 11 heteroatoms. The number of carbonyl (C=O) groups excluding carboxylic acids is 2. The fourth-order valence-electron chi connectivity index (χ4n) is 4.23. The molecule has 2 amide bonds. The minimum Gasteiger partial charge on any atom is -0.383 e. The van der Waals surface area contributed by atoms with Crippen molar-refractivity contribution in [1.29, 1.82) is 0 Å². The van der Waals surface area contributed by atoms with Gasteiger partial charge in [0.15, 0.2) is 5.65 Å². The number of aromatic nitrogens is 5. The first kappa shape index (κ1) is 25.2. The van der Waals surface area contributed by atoms with E-state index in [-0.39, 0.29) is 29.4 Å². The fraction of sp³-hybridized carbons (Fsp3) is 0.143.